The Kier molecular flexibility index (Phi) is 18.8. The van der Waals surface area contributed by atoms with Gasteiger partial charge in [-0.25, -0.2) is 14.8 Å². The first kappa shape index (κ1) is 52.4. The first-order valence-corrected chi connectivity index (χ1v) is 21.5. The van der Waals surface area contributed by atoms with Gasteiger partial charge in [0.15, 0.2) is 23.0 Å². The van der Waals surface area contributed by atoms with Crippen LogP contribution in [0.1, 0.15) is 66.2 Å². The molecule has 5 amide bonds. The number of aromatic nitrogens is 2. The molecule has 364 valence electrons. The highest BCUT2D eigenvalue weighted by Crippen LogP contribution is 2.42. The van der Waals surface area contributed by atoms with Crippen molar-refractivity contribution in [3.05, 3.63) is 162 Å². The Morgan fingerprint density at radius 2 is 1.18 bits per heavy atom. The Bertz CT molecular complexity index is 2890. The lowest BCUT2D eigenvalue weighted by atomic mass is 10.1. The number of nitriles is 1. The van der Waals surface area contributed by atoms with E-state index < -0.39 is 42.1 Å². The second-order valence-corrected chi connectivity index (χ2v) is 15.0. The van der Waals surface area contributed by atoms with Crippen LogP contribution in [0, 0.1) is 18.3 Å². The number of carbonyl (C=O) groups is 6. The van der Waals surface area contributed by atoms with E-state index in [1.54, 1.807) is 13.0 Å². The van der Waals surface area contributed by atoms with E-state index in [9.17, 15) is 34.0 Å². The van der Waals surface area contributed by atoms with Gasteiger partial charge in [-0.05, 0) is 74.0 Å². The average molecular weight is 963 g/mol. The molecule has 0 saturated heterocycles. The van der Waals surface area contributed by atoms with E-state index in [-0.39, 0.29) is 88.3 Å². The quantitative estimate of drug-likeness (QED) is 0.0242. The van der Waals surface area contributed by atoms with E-state index in [0.29, 0.717) is 11.3 Å². The molecule has 0 bridgehead atoms. The van der Waals surface area contributed by atoms with Crippen LogP contribution in [-0.4, -0.2) is 85.6 Å². The summed E-state index contributed by atoms with van der Waals surface area (Å²) in [4.78, 5) is 87.7. The van der Waals surface area contributed by atoms with Gasteiger partial charge in [0.2, 0.25) is 5.91 Å². The lowest BCUT2D eigenvalue weighted by molar-refractivity contribution is -0.118. The number of benzene rings is 3. The molecule has 5 aromatic rings. The monoisotopic (exact) mass is 962 g/mol. The molecule has 2 heterocycles. The molecule has 1 atom stereocenters. The summed E-state index contributed by atoms with van der Waals surface area (Å²) >= 11 is 0. The first-order chi connectivity index (χ1) is 34.2. The highest BCUT2D eigenvalue weighted by molar-refractivity contribution is 6.10. The number of nitrogens with one attached hydrogen (secondary N) is 5. The molecule has 0 unspecified atom stereocenters. The maximum Gasteiger partial charge on any atom is 0.342 e. The van der Waals surface area contributed by atoms with Crippen molar-refractivity contribution in [3.63, 3.8) is 0 Å². The van der Waals surface area contributed by atoms with Crippen molar-refractivity contribution in [1.29, 1.82) is 5.26 Å². The van der Waals surface area contributed by atoms with Gasteiger partial charge in [0.25, 0.3) is 23.6 Å². The predicted octanol–water partition coefficient (Wildman–Crippen LogP) is 7.47. The zero-order valence-corrected chi connectivity index (χ0v) is 39.3. The second kappa shape index (κ2) is 25.5. The molecular weight excluding hydrogens is 913 g/mol. The van der Waals surface area contributed by atoms with Crippen LogP contribution in [0.4, 0.5) is 22.7 Å². The van der Waals surface area contributed by atoms with Crippen molar-refractivity contribution >= 4 is 64.3 Å². The van der Waals surface area contributed by atoms with Gasteiger partial charge in [0.05, 0.1) is 67.4 Å². The standard InChI is InChI=1S/C52H50N8O11/c1-8-25-69-43-36(48(62)58-38-22-18-37(52(66)71-27-10-3)44(46(38)68-7)70-26-9-2)17-21-39(45(43)67-6)59-49(63)40-20-16-35(30-55-40)57-51(65)42(23-24-53)60-50(64)41-19-15-34(29-54-41)56-47(61)32(5)28-33-13-11-31(4)12-14-33/h8-22,28-30,42H,1-3,23,25-27H2,4-7H3,(H,56,61)(H,57,65)(H,58,62)(H,59,63)(H,60,64)/b32-28+/t42-/m0/s1. The Balaban J connectivity index is 1.25. The van der Waals surface area contributed by atoms with Crippen molar-refractivity contribution in [1.82, 2.24) is 15.3 Å². The number of anilines is 4. The molecule has 0 saturated carbocycles. The number of hydrogen-bond donors (Lipinski definition) is 5. The summed E-state index contributed by atoms with van der Waals surface area (Å²) in [5.74, 6) is -4.07. The molecule has 0 fully saturated rings. The third-order valence-corrected chi connectivity index (χ3v) is 9.87. The van der Waals surface area contributed by atoms with Crippen LogP contribution in [0.25, 0.3) is 6.08 Å². The predicted molar refractivity (Wildman–Crippen MR) is 266 cm³/mol. The number of amides is 5. The Hall–Kier alpha value is -9.57. The molecule has 5 rings (SSSR count). The minimum atomic E-state index is -1.31. The third kappa shape index (κ3) is 14.0. The van der Waals surface area contributed by atoms with Crippen LogP contribution in [0.2, 0.25) is 0 Å². The van der Waals surface area contributed by atoms with Gasteiger partial charge in [0, 0.05) is 5.57 Å². The molecule has 19 nitrogen and oxygen atoms in total. The first-order valence-electron chi connectivity index (χ1n) is 21.5. The number of hydrogen-bond acceptors (Lipinski definition) is 14. The maximum absolute atomic E-state index is 13.9. The van der Waals surface area contributed by atoms with E-state index in [1.807, 2.05) is 37.3 Å². The summed E-state index contributed by atoms with van der Waals surface area (Å²) in [6, 6.07) is 19.4. The molecule has 0 spiro atoms. The second-order valence-electron chi connectivity index (χ2n) is 15.0. The van der Waals surface area contributed by atoms with Crippen molar-refractivity contribution < 1.29 is 52.5 Å². The molecule has 71 heavy (non-hydrogen) atoms. The van der Waals surface area contributed by atoms with E-state index >= 15 is 0 Å². The number of rotatable bonds is 23. The van der Waals surface area contributed by atoms with Crippen LogP contribution in [0.3, 0.4) is 0 Å². The van der Waals surface area contributed by atoms with Gasteiger partial charge >= 0.3 is 5.97 Å². The van der Waals surface area contributed by atoms with Gasteiger partial charge in [-0.15, -0.1) is 0 Å². The minimum Gasteiger partial charge on any atom is -0.491 e. The normalized spacial score (nSPS) is 11.0. The summed E-state index contributed by atoms with van der Waals surface area (Å²) in [7, 11) is 2.64. The molecule has 0 aliphatic carbocycles. The molecule has 0 radical (unpaired) electrons. The molecule has 3 aromatic carbocycles. The number of ether oxygens (including phenoxy) is 5. The molecule has 0 aliphatic rings. The Morgan fingerprint density at radius 1 is 0.648 bits per heavy atom. The zero-order chi connectivity index (χ0) is 51.5. The van der Waals surface area contributed by atoms with Gasteiger partial charge in [0.1, 0.15) is 42.8 Å². The Morgan fingerprint density at radius 3 is 1.72 bits per heavy atom. The fourth-order valence-corrected chi connectivity index (χ4v) is 6.40. The average Bonchev–Trinajstić information content (AvgIpc) is 3.37. The van der Waals surface area contributed by atoms with Crippen molar-refractivity contribution in [2.24, 2.45) is 0 Å². The van der Waals surface area contributed by atoms with Gasteiger partial charge in [-0.2, -0.15) is 5.26 Å². The highest BCUT2D eigenvalue weighted by atomic mass is 16.5. The van der Waals surface area contributed by atoms with Crippen LogP contribution in [-0.2, 0) is 14.3 Å². The largest absolute Gasteiger partial charge is 0.491 e. The van der Waals surface area contributed by atoms with E-state index in [0.717, 1.165) is 11.1 Å². The highest BCUT2D eigenvalue weighted by Gasteiger charge is 2.27. The summed E-state index contributed by atoms with van der Waals surface area (Å²) < 4.78 is 28.0. The van der Waals surface area contributed by atoms with Crippen LogP contribution in [0.15, 0.2) is 129 Å². The summed E-state index contributed by atoms with van der Waals surface area (Å²) in [6.45, 7) is 14.4. The number of pyridine rings is 2. The van der Waals surface area contributed by atoms with Crippen LogP contribution in [0.5, 0.6) is 23.0 Å². The molecular formula is C52H50N8O11. The van der Waals surface area contributed by atoms with Crippen molar-refractivity contribution in [2.45, 2.75) is 26.3 Å². The van der Waals surface area contributed by atoms with Gasteiger partial charge < -0.3 is 50.3 Å². The van der Waals surface area contributed by atoms with Crippen molar-refractivity contribution in [3.8, 4) is 29.1 Å². The summed E-state index contributed by atoms with van der Waals surface area (Å²) in [6.07, 6.45) is 8.15. The van der Waals surface area contributed by atoms with Crippen LogP contribution >= 0.6 is 0 Å². The SMILES string of the molecule is C=CCOC(=O)c1ccc(NC(=O)c2ccc(NC(=O)c3ccc(NC(=O)[C@H](CC#N)NC(=O)c4ccc(NC(=O)/C(C)=C/c5ccc(C)cc5)cn4)cn3)c(OC)c2OCC=C)c(OC)c1OCC=C. The topological polar surface area (TPSA) is 258 Å². The van der Waals surface area contributed by atoms with Crippen LogP contribution < -0.4 is 45.5 Å². The number of carbonyl (C=O) groups excluding carboxylic acids is 6. The minimum absolute atomic E-state index is 0.00350. The molecule has 0 aliphatic heterocycles. The number of esters is 1. The molecule has 2 aromatic heterocycles. The zero-order valence-electron chi connectivity index (χ0n) is 39.3. The lowest BCUT2D eigenvalue weighted by Crippen LogP contribution is -2.43. The fraction of sp³-hybridized carbons (Fsp3) is 0.173. The summed E-state index contributed by atoms with van der Waals surface area (Å²) in [5, 5.41) is 22.7. The Labute approximate surface area is 409 Å². The van der Waals surface area contributed by atoms with Gasteiger partial charge in [-0.1, -0.05) is 67.8 Å². The number of aryl methyl sites for hydroxylation is 1. The molecule has 5 N–H and O–H groups in total. The fourth-order valence-electron chi connectivity index (χ4n) is 6.40. The molecule has 19 heteroatoms. The van der Waals surface area contributed by atoms with E-state index in [2.05, 4.69) is 56.3 Å². The smallest absolute Gasteiger partial charge is 0.342 e. The van der Waals surface area contributed by atoms with Gasteiger partial charge in [-0.3, -0.25) is 24.0 Å². The third-order valence-electron chi connectivity index (χ3n) is 9.87. The maximum atomic E-state index is 13.9. The van der Waals surface area contributed by atoms with E-state index in [4.69, 9.17) is 23.7 Å². The van der Waals surface area contributed by atoms with E-state index in [1.165, 1.54) is 93.4 Å². The van der Waals surface area contributed by atoms with Crippen molar-refractivity contribution in [2.75, 3.05) is 55.3 Å². The lowest BCUT2D eigenvalue weighted by Gasteiger charge is -2.20. The number of nitrogens with zero attached hydrogens (tertiary/aromatic N) is 3. The number of methoxy groups -OCH3 is 2. The summed E-state index contributed by atoms with van der Waals surface area (Å²) in [5.41, 5.74) is 2.93.